The number of aromatic nitrogens is 1. The van der Waals surface area contributed by atoms with Crippen LogP contribution in [0.1, 0.15) is 18.9 Å². The Morgan fingerprint density at radius 3 is 2.94 bits per heavy atom. The molecule has 0 amide bonds. The molecule has 1 aromatic rings. The van der Waals surface area contributed by atoms with E-state index in [9.17, 15) is 9.59 Å². The lowest BCUT2D eigenvalue weighted by Crippen LogP contribution is -2.36. The summed E-state index contributed by atoms with van der Waals surface area (Å²) in [7, 11) is 0. The fourth-order valence-corrected chi connectivity index (χ4v) is 2.01. The molecule has 0 aliphatic carbocycles. The smallest absolute Gasteiger partial charge is 0.320 e. The van der Waals surface area contributed by atoms with Gasteiger partial charge in [-0.3, -0.25) is 14.6 Å². The van der Waals surface area contributed by atoms with Gasteiger partial charge in [-0.05, 0) is 25.0 Å². The number of carbonyl (C=O) groups is 2. The van der Waals surface area contributed by atoms with Crippen LogP contribution in [0.15, 0.2) is 24.5 Å². The van der Waals surface area contributed by atoms with Crippen LogP contribution in [0, 0.1) is 5.41 Å². The second-order valence-electron chi connectivity index (χ2n) is 4.06. The molecule has 16 heavy (non-hydrogen) atoms. The number of hydrogen-bond acceptors (Lipinski definition) is 4. The van der Waals surface area contributed by atoms with E-state index >= 15 is 0 Å². The molecule has 0 bridgehead atoms. The lowest BCUT2D eigenvalue weighted by atomic mass is 9.77. The summed E-state index contributed by atoms with van der Waals surface area (Å²) in [5.41, 5.74) is -0.0974. The molecule has 4 heteroatoms. The zero-order chi connectivity index (χ0) is 11.6. The van der Waals surface area contributed by atoms with Crippen molar-refractivity contribution in [2.75, 3.05) is 6.61 Å². The highest BCUT2D eigenvalue weighted by Crippen LogP contribution is 2.34. The molecular weight excluding hydrogens is 206 g/mol. The van der Waals surface area contributed by atoms with E-state index in [0.29, 0.717) is 19.4 Å². The van der Waals surface area contributed by atoms with Crippen molar-refractivity contribution in [2.45, 2.75) is 19.8 Å². The summed E-state index contributed by atoms with van der Waals surface area (Å²) >= 11 is 0. The van der Waals surface area contributed by atoms with Gasteiger partial charge in [0.1, 0.15) is 11.2 Å². The number of Topliss-reactive ketones (excluding diaryl/α,β-unsaturated/α-hetero) is 1. The molecule has 1 aliphatic heterocycles. The van der Waals surface area contributed by atoms with Crippen LogP contribution in [0.2, 0.25) is 0 Å². The highest BCUT2D eigenvalue weighted by molar-refractivity contribution is 6.04. The molecule has 0 N–H and O–H groups in total. The summed E-state index contributed by atoms with van der Waals surface area (Å²) in [6, 6.07) is 3.66. The zero-order valence-corrected chi connectivity index (χ0v) is 9.10. The molecule has 2 rings (SSSR count). The molecule has 1 atom stereocenters. The third kappa shape index (κ3) is 1.71. The molecule has 0 spiro atoms. The molecule has 1 fully saturated rings. The first-order valence-corrected chi connectivity index (χ1v) is 5.22. The Morgan fingerprint density at radius 2 is 2.44 bits per heavy atom. The van der Waals surface area contributed by atoms with Gasteiger partial charge in [0.2, 0.25) is 0 Å². The summed E-state index contributed by atoms with van der Waals surface area (Å²) in [5.74, 6) is -0.525. The zero-order valence-electron chi connectivity index (χ0n) is 9.10. The average molecular weight is 219 g/mol. The first kappa shape index (κ1) is 10.8. The Kier molecular flexibility index (Phi) is 2.73. The van der Waals surface area contributed by atoms with Crippen molar-refractivity contribution in [1.29, 1.82) is 0 Å². The second-order valence-corrected chi connectivity index (χ2v) is 4.06. The number of pyridine rings is 1. The van der Waals surface area contributed by atoms with E-state index in [4.69, 9.17) is 4.74 Å². The van der Waals surface area contributed by atoms with E-state index in [2.05, 4.69) is 4.98 Å². The van der Waals surface area contributed by atoms with Crippen molar-refractivity contribution in [3.05, 3.63) is 30.1 Å². The Morgan fingerprint density at radius 1 is 1.62 bits per heavy atom. The number of hydrogen-bond donors (Lipinski definition) is 0. The lowest BCUT2D eigenvalue weighted by molar-refractivity contribution is -0.150. The third-order valence-corrected chi connectivity index (χ3v) is 3.06. The van der Waals surface area contributed by atoms with E-state index < -0.39 is 11.4 Å². The molecule has 1 saturated heterocycles. The van der Waals surface area contributed by atoms with Gasteiger partial charge in [-0.25, -0.2) is 0 Å². The van der Waals surface area contributed by atoms with Gasteiger partial charge in [0, 0.05) is 18.8 Å². The van der Waals surface area contributed by atoms with Crippen molar-refractivity contribution < 1.29 is 14.3 Å². The maximum Gasteiger partial charge on any atom is 0.320 e. The van der Waals surface area contributed by atoms with Crippen molar-refractivity contribution in [3.8, 4) is 0 Å². The van der Waals surface area contributed by atoms with Crippen LogP contribution < -0.4 is 0 Å². The molecule has 1 unspecified atom stereocenters. The fourth-order valence-electron chi connectivity index (χ4n) is 2.01. The van der Waals surface area contributed by atoms with Crippen LogP contribution in [-0.2, 0) is 20.7 Å². The molecule has 0 saturated carbocycles. The number of ether oxygens (including phenoxy) is 1. The summed E-state index contributed by atoms with van der Waals surface area (Å²) < 4.78 is 4.92. The maximum absolute atomic E-state index is 11.7. The third-order valence-electron chi connectivity index (χ3n) is 3.06. The molecule has 4 nitrogen and oxygen atoms in total. The minimum Gasteiger partial charge on any atom is -0.465 e. The van der Waals surface area contributed by atoms with Crippen LogP contribution in [-0.4, -0.2) is 23.3 Å². The average Bonchev–Trinajstić information content (AvgIpc) is 2.63. The van der Waals surface area contributed by atoms with Crippen LogP contribution in [0.4, 0.5) is 0 Å². The quantitative estimate of drug-likeness (QED) is 0.565. The predicted molar refractivity (Wildman–Crippen MR) is 56.6 cm³/mol. The van der Waals surface area contributed by atoms with Gasteiger partial charge in [-0.1, -0.05) is 6.07 Å². The van der Waals surface area contributed by atoms with Crippen molar-refractivity contribution in [1.82, 2.24) is 4.98 Å². The van der Waals surface area contributed by atoms with Gasteiger partial charge >= 0.3 is 5.97 Å². The van der Waals surface area contributed by atoms with Gasteiger partial charge in [-0.15, -0.1) is 0 Å². The topological polar surface area (TPSA) is 56.3 Å². The van der Waals surface area contributed by atoms with E-state index in [1.807, 2.05) is 6.07 Å². The predicted octanol–water partition coefficient (Wildman–Crippen LogP) is 1.15. The van der Waals surface area contributed by atoms with Gasteiger partial charge in [-0.2, -0.15) is 0 Å². The number of esters is 1. The number of carbonyl (C=O) groups excluding carboxylic acids is 2. The molecule has 1 aromatic heterocycles. The molecule has 84 valence electrons. The number of ketones is 1. The Bertz CT molecular complexity index is 416. The van der Waals surface area contributed by atoms with Gasteiger partial charge in [0.15, 0.2) is 0 Å². The molecular formula is C12H13NO3. The first-order chi connectivity index (χ1) is 7.65. The minimum atomic E-state index is -0.983. The van der Waals surface area contributed by atoms with Gasteiger partial charge in [0.25, 0.3) is 0 Å². The standard InChI is InChI=1S/C12H13NO3/c1-9(14)12(4-6-16-11(12)15)7-10-3-2-5-13-8-10/h2-3,5,8H,4,6-7H2,1H3. The van der Waals surface area contributed by atoms with Crippen LogP contribution in [0.3, 0.4) is 0 Å². The monoisotopic (exact) mass is 219 g/mol. The minimum absolute atomic E-state index is 0.126. The van der Waals surface area contributed by atoms with E-state index in [0.717, 1.165) is 5.56 Å². The summed E-state index contributed by atoms with van der Waals surface area (Å²) in [6.45, 7) is 1.78. The largest absolute Gasteiger partial charge is 0.465 e. The highest BCUT2D eigenvalue weighted by atomic mass is 16.5. The summed E-state index contributed by atoms with van der Waals surface area (Å²) in [5, 5.41) is 0. The van der Waals surface area contributed by atoms with Crippen molar-refractivity contribution in [3.63, 3.8) is 0 Å². The number of cyclic esters (lactones) is 1. The summed E-state index contributed by atoms with van der Waals surface area (Å²) in [4.78, 5) is 27.3. The Labute approximate surface area is 93.6 Å². The Hall–Kier alpha value is -1.71. The Balaban J connectivity index is 2.29. The fraction of sp³-hybridized carbons (Fsp3) is 0.417. The normalized spacial score (nSPS) is 24.2. The first-order valence-electron chi connectivity index (χ1n) is 5.22. The maximum atomic E-state index is 11.7. The van der Waals surface area contributed by atoms with Gasteiger partial charge in [0.05, 0.1) is 6.61 Å². The highest BCUT2D eigenvalue weighted by Gasteiger charge is 2.48. The number of rotatable bonds is 3. The van der Waals surface area contributed by atoms with Crippen molar-refractivity contribution >= 4 is 11.8 Å². The number of nitrogens with zero attached hydrogens (tertiary/aromatic N) is 1. The van der Waals surface area contributed by atoms with E-state index in [-0.39, 0.29) is 5.78 Å². The summed E-state index contributed by atoms with van der Waals surface area (Å²) in [6.07, 6.45) is 4.19. The van der Waals surface area contributed by atoms with Crippen LogP contribution >= 0.6 is 0 Å². The molecule has 1 aliphatic rings. The molecule has 0 aromatic carbocycles. The second kappa shape index (κ2) is 4.04. The van der Waals surface area contributed by atoms with E-state index in [1.165, 1.54) is 6.92 Å². The molecule has 0 radical (unpaired) electrons. The SMILES string of the molecule is CC(=O)C1(Cc2cccnc2)CCOC1=O. The van der Waals surface area contributed by atoms with Crippen molar-refractivity contribution in [2.24, 2.45) is 5.41 Å². The van der Waals surface area contributed by atoms with Gasteiger partial charge < -0.3 is 4.74 Å². The van der Waals surface area contributed by atoms with Crippen LogP contribution in [0.25, 0.3) is 0 Å². The molecule has 2 heterocycles. The lowest BCUT2D eigenvalue weighted by Gasteiger charge is -2.20. The van der Waals surface area contributed by atoms with E-state index in [1.54, 1.807) is 18.5 Å². The van der Waals surface area contributed by atoms with Crippen LogP contribution in [0.5, 0.6) is 0 Å².